The van der Waals surface area contributed by atoms with Crippen LogP contribution in [0.3, 0.4) is 0 Å². The SMILES string of the molecule is Cc1cccc(C(O)C2=CC(C)(C)CCC2=O)c1. The first-order valence-electron chi connectivity index (χ1n) is 6.40. The molecule has 0 aliphatic heterocycles. The number of ketones is 1. The van der Waals surface area contributed by atoms with E-state index in [0.29, 0.717) is 12.0 Å². The molecule has 1 unspecified atom stereocenters. The van der Waals surface area contributed by atoms with Crippen molar-refractivity contribution in [1.82, 2.24) is 0 Å². The van der Waals surface area contributed by atoms with Crippen molar-refractivity contribution in [1.29, 1.82) is 0 Å². The normalized spacial score (nSPS) is 20.4. The molecular weight excluding hydrogens is 224 g/mol. The van der Waals surface area contributed by atoms with E-state index in [4.69, 9.17) is 0 Å². The van der Waals surface area contributed by atoms with Crippen LogP contribution in [0.2, 0.25) is 0 Å². The molecule has 1 aliphatic carbocycles. The van der Waals surface area contributed by atoms with E-state index >= 15 is 0 Å². The second kappa shape index (κ2) is 4.69. The van der Waals surface area contributed by atoms with Crippen molar-refractivity contribution >= 4 is 5.78 Å². The molecule has 2 rings (SSSR count). The zero-order chi connectivity index (χ0) is 13.3. The Morgan fingerprint density at radius 1 is 1.33 bits per heavy atom. The molecule has 0 saturated heterocycles. The Morgan fingerprint density at radius 3 is 2.72 bits per heavy atom. The van der Waals surface area contributed by atoms with Crippen molar-refractivity contribution in [2.75, 3.05) is 0 Å². The second-order valence-electron chi connectivity index (χ2n) is 5.83. The molecule has 1 aromatic carbocycles. The van der Waals surface area contributed by atoms with E-state index in [0.717, 1.165) is 17.5 Å². The number of benzene rings is 1. The quantitative estimate of drug-likeness (QED) is 0.866. The lowest BCUT2D eigenvalue weighted by Gasteiger charge is -2.28. The van der Waals surface area contributed by atoms with Gasteiger partial charge in [0.1, 0.15) is 6.10 Å². The fourth-order valence-electron chi connectivity index (χ4n) is 2.40. The minimum Gasteiger partial charge on any atom is -0.384 e. The zero-order valence-electron chi connectivity index (χ0n) is 11.2. The van der Waals surface area contributed by atoms with Crippen LogP contribution in [0.5, 0.6) is 0 Å². The summed E-state index contributed by atoms with van der Waals surface area (Å²) < 4.78 is 0. The summed E-state index contributed by atoms with van der Waals surface area (Å²) in [6.45, 7) is 6.18. The summed E-state index contributed by atoms with van der Waals surface area (Å²) in [4.78, 5) is 12.0. The van der Waals surface area contributed by atoms with Gasteiger partial charge in [0, 0.05) is 12.0 Å². The highest BCUT2D eigenvalue weighted by Crippen LogP contribution is 2.36. The van der Waals surface area contributed by atoms with Crippen LogP contribution >= 0.6 is 0 Å². The van der Waals surface area contributed by atoms with E-state index in [-0.39, 0.29) is 11.2 Å². The first-order chi connectivity index (χ1) is 8.39. The standard InChI is InChI=1S/C16H20O2/c1-11-5-4-6-12(9-11)15(18)13-10-16(2,3)8-7-14(13)17/h4-6,9-10,15,18H,7-8H2,1-3H3. The van der Waals surface area contributed by atoms with Crippen LogP contribution in [0, 0.1) is 12.3 Å². The van der Waals surface area contributed by atoms with Gasteiger partial charge >= 0.3 is 0 Å². The molecule has 2 heteroatoms. The number of hydrogen-bond donors (Lipinski definition) is 1. The van der Waals surface area contributed by atoms with Gasteiger partial charge in [-0.25, -0.2) is 0 Å². The number of carbonyl (C=O) groups is 1. The molecule has 0 bridgehead atoms. The Bertz CT molecular complexity index is 498. The number of aliphatic hydroxyl groups is 1. The maximum absolute atomic E-state index is 12.0. The molecule has 0 radical (unpaired) electrons. The molecule has 96 valence electrons. The van der Waals surface area contributed by atoms with Gasteiger partial charge in [0.2, 0.25) is 0 Å². The van der Waals surface area contributed by atoms with Gasteiger partial charge in [-0.3, -0.25) is 4.79 Å². The molecule has 1 aliphatic rings. The Hall–Kier alpha value is -1.41. The minimum absolute atomic E-state index is 0.00590. The highest BCUT2D eigenvalue weighted by Gasteiger charge is 2.30. The van der Waals surface area contributed by atoms with Crippen LogP contribution in [0.4, 0.5) is 0 Å². The van der Waals surface area contributed by atoms with E-state index in [9.17, 15) is 9.90 Å². The third-order valence-electron chi connectivity index (χ3n) is 3.52. The van der Waals surface area contributed by atoms with Gasteiger partial charge in [0.15, 0.2) is 5.78 Å². The largest absolute Gasteiger partial charge is 0.384 e. The van der Waals surface area contributed by atoms with Gasteiger partial charge in [-0.15, -0.1) is 0 Å². The van der Waals surface area contributed by atoms with E-state index < -0.39 is 6.10 Å². The van der Waals surface area contributed by atoms with Crippen molar-refractivity contribution in [3.8, 4) is 0 Å². The van der Waals surface area contributed by atoms with Crippen LogP contribution in [-0.4, -0.2) is 10.9 Å². The molecular formula is C16H20O2. The van der Waals surface area contributed by atoms with Crippen LogP contribution in [-0.2, 0) is 4.79 Å². The Morgan fingerprint density at radius 2 is 2.06 bits per heavy atom. The summed E-state index contributed by atoms with van der Waals surface area (Å²) in [5, 5.41) is 10.4. The lowest BCUT2D eigenvalue weighted by molar-refractivity contribution is -0.117. The molecule has 0 saturated carbocycles. The summed E-state index contributed by atoms with van der Waals surface area (Å²) in [7, 11) is 0. The number of Topliss-reactive ketones (excluding diaryl/α,β-unsaturated/α-hetero) is 1. The predicted octanol–water partition coefficient (Wildman–Crippen LogP) is 3.34. The third-order valence-corrected chi connectivity index (χ3v) is 3.52. The third kappa shape index (κ3) is 2.70. The van der Waals surface area contributed by atoms with Gasteiger partial charge in [-0.1, -0.05) is 49.8 Å². The summed E-state index contributed by atoms with van der Waals surface area (Å²) in [5.74, 6) is 0.0725. The van der Waals surface area contributed by atoms with E-state index in [1.165, 1.54) is 0 Å². The van der Waals surface area contributed by atoms with E-state index in [1.54, 1.807) is 0 Å². The average Bonchev–Trinajstić information content (AvgIpc) is 2.31. The van der Waals surface area contributed by atoms with Gasteiger partial charge in [-0.05, 0) is 24.3 Å². The fraction of sp³-hybridized carbons (Fsp3) is 0.438. The zero-order valence-corrected chi connectivity index (χ0v) is 11.2. The van der Waals surface area contributed by atoms with Gasteiger partial charge < -0.3 is 5.11 Å². The molecule has 0 aromatic heterocycles. The van der Waals surface area contributed by atoms with Gasteiger partial charge in [0.05, 0.1) is 0 Å². The number of allylic oxidation sites excluding steroid dienone is 1. The number of aryl methyl sites for hydroxylation is 1. The summed E-state index contributed by atoms with van der Waals surface area (Å²) in [5.41, 5.74) is 2.44. The number of hydrogen-bond acceptors (Lipinski definition) is 2. The molecule has 0 spiro atoms. The monoisotopic (exact) mass is 244 g/mol. The molecule has 0 fully saturated rings. The first-order valence-corrected chi connectivity index (χ1v) is 6.40. The molecule has 0 heterocycles. The smallest absolute Gasteiger partial charge is 0.161 e. The Kier molecular flexibility index (Phi) is 3.40. The summed E-state index contributed by atoms with van der Waals surface area (Å²) in [6, 6.07) is 7.69. The maximum Gasteiger partial charge on any atom is 0.161 e. The fourth-order valence-corrected chi connectivity index (χ4v) is 2.40. The van der Waals surface area contributed by atoms with Crippen molar-refractivity contribution in [2.24, 2.45) is 5.41 Å². The lowest BCUT2D eigenvalue weighted by atomic mass is 9.77. The Balaban J connectivity index is 2.36. The molecule has 1 atom stereocenters. The van der Waals surface area contributed by atoms with Crippen molar-refractivity contribution in [3.05, 3.63) is 47.0 Å². The maximum atomic E-state index is 12.0. The van der Waals surface area contributed by atoms with Crippen molar-refractivity contribution < 1.29 is 9.90 Å². The molecule has 2 nitrogen and oxygen atoms in total. The molecule has 18 heavy (non-hydrogen) atoms. The number of aliphatic hydroxyl groups excluding tert-OH is 1. The Labute approximate surface area is 108 Å². The van der Waals surface area contributed by atoms with Gasteiger partial charge in [-0.2, -0.15) is 0 Å². The molecule has 1 N–H and O–H groups in total. The summed E-state index contributed by atoms with van der Waals surface area (Å²) in [6.07, 6.45) is 2.53. The van der Waals surface area contributed by atoms with Gasteiger partial charge in [0.25, 0.3) is 0 Å². The predicted molar refractivity (Wildman–Crippen MR) is 72.2 cm³/mol. The van der Waals surface area contributed by atoms with Crippen molar-refractivity contribution in [3.63, 3.8) is 0 Å². The van der Waals surface area contributed by atoms with Crippen LogP contribution in [0.1, 0.15) is 43.9 Å². The second-order valence-corrected chi connectivity index (χ2v) is 5.83. The van der Waals surface area contributed by atoms with Crippen LogP contribution in [0.15, 0.2) is 35.9 Å². The highest BCUT2D eigenvalue weighted by atomic mass is 16.3. The molecule has 1 aromatic rings. The van der Waals surface area contributed by atoms with Crippen LogP contribution < -0.4 is 0 Å². The number of rotatable bonds is 2. The lowest BCUT2D eigenvalue weighted by Crippen LogP contribution is -2.23. The average molecular weight is 244 g/mol. The number of carbonyl (C=O) groups excluding carboxylic acids is 1. The van der Waals surface area contributed by atoms with Crippen LogP contribution in [0.25, 0.3) is 0 Å². The van der Waals surface area contributed by atoms with Crippen molar-refractivity contribution in [2.45, 2.75) is 39.7 Å². The summed E-state index contributed by atoms with van der Waals surface area (Å²) >= 11 is 0. The first kappa shape index (κ1) is 13.0. The highest BCUT2D eigenvalue weighted by molar-refractivity contribution is 5.97. The molecule has 0 amide bonds. The van der Waals surface area contributed by atoms with E-state index in [2.05, 4.69) is 13.8 Å². The topological polar surface area (TPSA) is 37.3 Å². The minimum atomic E-state index is -0.794. The van der Waals surface area contributed by atoms with E-state index in [1.807, 2.05) is 37.3 Å².